The second-order valence-corrected chi connectivity index (χ2v) is 3.02. The van der Waals surface area contributed by atoms with Gasteiger partial charge in [-0.1, -0.05) is 29.4 Å². The van der Waals surface area contributed by atoms with Crippen LogP contribution in [0.5, 0.6) is 0 Å². The lowest BCUT2D eigenvalue weighted by Gasteiger charge is -1.99. The Hall–Kier alpha value is -2.26. The average molecular weight is 216 g/mol. The van der Waals surface area contributed by atoms with E-state index < -0.39 is 0 Å². The van der Waals surface area contributed by atoms with E-state index in [-0.39, 0.29) is 5.91 Å². The van der Waals surface area contributed by atoms with Crippen LogP contribution in [-0.4, -0.2) is 19.5 Å². The van der Waals surface area contributed by atoms with Gasteiger partial charge in [-0.15, -0.1) is 0 Å². The molecule has 0 saturated heterocycles. The van der Waals surface area contributed by atoms with Crippen molar-refractivity contribution in [2.45, 2.75) is 0 Å². The molecule has 0 bridgehead atoms. The minimum Gasteiger partial charge on any atom is -0.355 e. The van der Waals surface area contributed by atoms with Crippen LogP contribution >= 0.6 is 0 Å². The number of nitrogens with zero attached hydrogens (tertiary/aromatic N) is 3. The third-order valence-corrected chi connectivity index (χ3v) is 1.96. The zero-order valence-electron chi connectivity index (χ0n) is 8.92. The Morgan fingerprint density at radius 3 is 2.75 bits per heavy atom. The second kappa shape index (κ2) is 6.27. The molecule has 1 aromatic rings. The summed E-state index contributed by atoms with van der Waals surface area (Å²) in [6.07, 6.45) is 3.59. The normalized spacial score (nSPS) is 9.81. The Kier molecular flexibility index (Phi) is 4.63. The molecular weight excluding hydrogens is 204 g/mol. The van der Waals surface area contributed by atoms with Gasteiger partial charge in [-0.3, -0.25) is 4.79 Å². The summed E-state index contributed by atoms with van der Waals surface area (Å²) in [7, 11) is 1.59. The van der Waals surface area contributed by atoms with Crippen molar-refractivity contribution in [2.75, 3.05) is 13.6 Å². The number of azide groups is 1. The summed E-state index contributed by atoms with van der Waals surface area (Å²) < 4.78 is 0. The smallest absolute Gasteiger partial charge is 0.251 e. The minimum atomic E-state index is -0.107. The quantitative estimate of drug-likeness (QED) is 0.468. The minimum absolute atomic E-state index is 0.107. The molecule has 0 fully saturated rings. The van der Waals surface area contributed by atoms with Crippen molar-refractivity contribution in [1.29, 1.82) is 0 Å². The van der Waals surface area contributed by atoms with Crippen LogP contribution in [0, 0.1) is 0 Å². The summed E-state index contributed by atoms with van der Waals surface area (Å²) >= 11 is 0. The van der Waals surface area contributed by atoms with E-state index >= 15 is 0 Å². The van der Waals surface area contributed by atoms with Crippen LogP contribution in [0.15, 0.2) is 35.5 Å². The third kappa shape index (κ3) is 3.48. The van der Waals surface area contributed by atoms with Crippen LogP contribution in [-0.2, 0) is 0 Å². The van der Waals surface area contributed by atoms with Gasteiger partial charge in [0.1, 0.15) is 0 Å². The Morgan fingerprint density at radius 2 is 2.19 bits per heavy atom. The highest BCUT2D eigenvalue weighted by molar-refractivity contribution is 5.94. The van der Waals surface area contributed by atoms with E-state index in [9.17, 15) is 4.79 Å². The number of carbonyl (C=O) groups excluding carboxylic acids is 1. The van der Waals surface area contributed by atoms with E-state index in [1.807, 2.05) is 18.2 Å². The van der Waals surface area contributed by atoms with Crippen molar-refractivity contribution in [1.82, 2.24) is 5.32 Å². The van der Waals surface area contributed by atoms with Gasteiger partial charge in [-0.05, 0) is 23.2 Å². The summed E-state index contributed by atoms with van der Waals surface area (Å²) in [6.45, 7) is 0.327. The highest BCUT2D eigenvalue weighted by Crippen LogP contribution is 2.06. The maximum absolute atomic E-state index is 11.2. The van der Waals surface area contributed by atoms with Crippen LogP contribution in [0.4, 0.5) is 0 Å². The molecule has 5 nitrogen and oxygen atoms in total. The van der Waals surface area contributed by atoms with Crippen molar-refractivity contribution in [3.05, 3.63) is 51.9 Å². The first-order chi connectivity index (χ1) is 7.77. The topological polar surface area (TPSA) is 77.9 Å². The Morgan fingerprint density at radius 1 is 1.50 bits per heavy atom. The lowest BCUT2D eigenvalue weighted by Crippen LogP contribution is -2.17. The van der Waals surface area contributed by atoms with Gasteiger partial charge in [0.05, 0.1) is 0 Å². The maximum atomic E-state index is 11.2. The predicted molar refractivity (Wildman–Crippen MR) is 62.9 cm³/mol. The van der Waals surface area contributed by atoms with Crippen LogP contribution in [0.1, 0.15) is 15.9 Å². The van der Waals surface area contributed by atoms with Crippen LogP contribution in [0.3, 0.4) is 0 Å². The molecule has 16 heavy (non-hydrogen) atoms. The lowest BCUT2D eigenvalue weighted by molar-refractivity contribution is 0.0963. The third-order valence-electron chi connectivity index (χ3n) is 1.96. The van der Waals surface area contributed by atoms with Gasteiger partial charge in [-0.2, -0.15) is 0 Å². The number of nitrogens with one attached hydrogen (secondary N) is 1. The van der Waals surface area contributed by atoms with Gasteiger partial charge in [0.25, 0.3) is 5.91 Å². The lowest BCUT2D eigenvalue weighted by atomic mass is 10.1. The molecule has 1 rings (SSSR count). The van der Waals surface area contributed by atoms with Crippen molar-refractivity contribution in [3.8, 4) is 0 Å². The van der Waals surface area contributed by atoms with Crippen LogP contribution in [0.2, 0.25) is 0 Å². The molecule has 82 valence electrons. The molecule has 0 aliphatic heterocycles. The second-order valence-electron chi connectivity index (χ2n) is 3.02. The van der Waals surface area contributed by atoms with E-state index in [1.165, 1.54) is 0 Å². The summed E-state index contributed by atoms with van der Waals surface area (Å²) in [5.74, 6) is -0.107. The molecular formula is C11H12N4O. The highest BCUT2D eigenvalue weighted by atomic mass is 16.1. The summed E-state index contributed by atoms with van der Waals surface area (Å²) in [5.41, 5.74) is 9.65. The van der Waals surface area contributed by atoms with E-state index in [4.69, 9.17) is 5.53 Å². The molecule has 1 amide bonds. The molecule has 0 spiro atoms. The fraction of sp³-hybridized carbons (Fsp3) is 0.182. The van der Waals surface area contributed by atoms with Gasteiger partial charge in [-0.25, -0.2) is 0 Å². The average Bonchev–Trinajstić information content (AvgIpc) is 2.34. The van der Waals surface area contributed by atoms with Crippen molar-refractivity contribution in [3.63, 3.8) is 0 Å². The Bertz CT molecular complexity index is 430. The van der Waals surface area contributed by atoms with Gasteiger partial charge < -0.3 is 5.32 Å². The largest absolute Gasteiger partial charge is 0.355 e. The standard InChI is InChI=1S/C11H12N4O/c1-13-11(16)10-6-4-9(5-7-10)3-2-8-14-15-12/h2-7H,8H2,1H3,(H,13,16). The summed E-state index contributed by atoms with van der Waals surface area (Å²) in [6, 6.07) is 7.15. The molecule has 5 heteroatoms. The monoisotopic (exact) mass is 216 g/mol. The highest BCUT2D eigenvalue weighted by Gasteiger charge is 2.00. The first-order valence-corrected chi connectivity index (χ1v) is 4.77. The van der Waals surface area contributed by atoms with Crippen molar-refractivity contribution in [2.24, 2.45) is 5.11 Å². The van der Waals surface area contributed by atoms with Gasteiger partial charge in [0.15, 0.2) is 0 Å². The molecule has 0 heterocycles. The maximum Gasteiger partial charge on any atom is 0.251 e. The van der Waals surface area contributed by atoms with E-state index in [2.05, 4.69) is 15.3 Å². The van der Waals surface area contributed by atoms with Gasteiger partial charge in [0, 0.05) is 24.1 Å². The number of benzene rings is 1. The molecule has 0 aliphatic carbocycles. The van der Waals surface area contributed by atoms with Gasteiger partial charge >= 0.3 is 0 Å². The fourth-order valence-corrected chi connectivity index (χ4v) is 1.16. The predicted octanol–water partition coefficient (Wildman–Crippen LogP) is 2.37. The Balaban J connectivity index is 2.67. The Labute approximate surface area is 93.4 Å². The zero-order chi connectivity index (χ0) is 11.8. The molecule has 0 unspecified atom stereocenters. The number of hydrogen-bond acceptors (Lipinski definition) is 2. The molecule has 0 aromatic heterocycles. The van der Waals surface area contributed by atoms with Crippen LogP contribution in [0.25, 0.3) is 16.5 Å². The number of hydrogen-bond donors (Lipinski definition) is 1. The zero-order valence-corrected chi connectivity index (χ0v) is 8.92. The molecule has 0 atom stereocenters. The van der Waals surface area contributed by atoms with E-state index in [0.717, 1.165) is 5.56 Å². The first kappa shape index (κ1) is 11.8. The molecule has 0 radical (unpaired) electrons. The first-order valence-electron chi connectivity index (χ1n) is 4.77. The number of amides is 1. The molecule has 1 aromatic carbocycles. The van der Waals surface area contributed by atoms with Gasteiger partial charge in [0.2, 0.25) is 0 Å². The van der Waals surface area contributed by atoms with Crippen LogP contribution < -0.4 is 5.32 Å². The van der Waals surface area contributed by atoms with E-state index in [0.29, 0.717) is 12.1 Å². The van der Waals surface area contributed by atoms with E-state index in [1.54, 1.807) is 25.3 Å². The summed E-state index contributed by atoms with van der Waals surface area (Å²) in [4.78, 5) is 13.9. The fourth-order valence-electron chi connectivity index (χ4n) is 1.16. The SMILES string of the molecule is CNC(=O)c1ccc(C=CCN=[N+]=[N-])cc1. The molecule has 1 N–H and O–H groups in total. The van der Waals surface area contributed by atoms with Crippen molar-refractivity contribution < 1.29 is 4.79 Å². The number of carbonyl (C=O) groups is 1. The van der Waals surface area contributed by atoms with Crippen molar-refractivity contribution >= 4 is 12.0 Å². The molecule has 0 saturated carbocycles. The molecule has 0 aliphatic rings. The number of rotatable bonds is 4. The summed E-state index contributed by atoms with van der Waals surface area (Å²) in [5, 5.41) is 5.92.